The molecule has 0 saturated carbocycles. The van der Waals surface area contributed by atoms with E-state index in [1.165, 1.54) is 27.9 Å². The maximum Gasteiger partial charge on any atom is 0.162 e. The summed E-state index contributed by atoms with van der Waals surface area (Å²) in [7, 11) is 2.04. The standard InChI is InChI=1S/C17H17N3/c1-11-7-6-10-14-13-8-4-5-9-15(13)17-18-19(3)12(2)20(17)16(11)14/h4-10,12H,1-3H3. The Morgan fingerprint density at radius 2 is 1.65 bits per heavy atom. The first kappa shape index (κ1) is 11.5. The van der Waals surface area contributed by atoms with E-state index < -0.39 is 0 Å². The molecule has 0 radical (unpaired) electrons. The number of anilines is 1. The lowest BCUT2D eigenvalue weighted by Crippen LogP contribution is -2.41. The number of hydrazone groups is 1. The van der Waals surface area contributed by atoms with Crippen LogP contribution in [0.5, 0.6) is 0 Å². The van der Waals surface area contributed by atoms with Crippen LogP contribution < -0.4 is 4.90 Å². The number of nitrogens with zero attached hydrogens (tertiary/aromatic N) is 3. The van der Waals surface area contributed by atoms with E-state index >= 15 is 0 Å². The quantitative estimate of drug-likeness (QED) is 0.725. The molecule has 0 N–H and O–H groups in total. The van der Waals surface area contributed by atoms with Gasteiger partial charge in [-0.3, -0.25) is 5.01 Å². The van der Waals surface area contributed by atoms with Gasteiger partial charge in [0.05, 0.1) is 5.69 Å². The summed E-state index contributed by atoms with van der Waals surface area (Å²) >= 11 is 0. The molecule has 3 nitrogen and oxygen atoms in total. The number of para-hydroxylation sites is 1. The average molecular weight is 263 g/mol. The smallest absolute Gasteiger partial charge is 0.162 e. The van der Waals surface area contributed by atoms with Gasteiger partial charge < -0.3 is 4.90 Å². The van der Waals surface area contributed by atoms with Gasteiger partial charge in [-0.25, -0.2) is 0 Å². The highest BCUT2D eigenvalue weighted by Gasteiger charge is 2.37. The zero-order valence-electron chi connectivity index (χ0n) is 12.0. The third-order valence-corrected chi connectivity index (χ3v) is 4.33. The molecule has 20 heavy (non-hydrogen) atoms. The van der Waals surface area contributed by atoms with Gasteiger partial charge in [-0.15, -0.1) is 0 Å². The van der Waals surface area contributed by atoms with Gasteiger partial charge in [0.2, 0.25) is 0 Å². The van der Waals surface area contributed by atoms with Crippen LogP contribution in [-0.4, -0.2) is 24.1 Å². The summed E-state index contributed by atoms with van der Waals surface area (Å²) in [6.45, 7) is 4.37. The van der Waals surface area contributed by atoms with Crippen molar-refractivity contribution in [2.24, 2.45) is 5.10 Å². The van der Waals surface area contributed by atoms with Crippen molar-refractivity contribution in [3.8, 4) is 11.1 Å². The lowest BCUT2D eigenvalue weighted by molar-refractivity contribution is 0.304. The molecule has 0 spiro atoms. The van der Waals surface area contributed by atoms with E-state index in [9.17, 15) is 0 Å². The lowest BCUT2D eigenvalue weighted by Gasteiger charge is -2.34. The Kier molecular flexibility index (Phi) is 2.22. The third-order valence-electron chi connectivity index (χ3n) is 4.33. The minimum Gasteiger partial charge on any atom is -0.301 e. The van der Waals surface area contributed by atoms with Gasteiger partial charge in [0.15, 0.2) is 5.84 Å². The van der Waals surface area contributed by atoms with E-state index in [1.54, 1.807) is 0 Å². The molecule has 1 unspecified atom stereocenters. The summed E-state index contributed by atoms with van der Waals surface area (Å²) in [5.74, 6) is 1.07. The molecule has 3 heteroatoms. The highest BCUT2D eigenvalue weighted by Crippen LogP contribution is 2.44. The fourth-order valence-electron chi connectivity index (χ4n) is 3.21. The molecule has 1 atom stereocenters. The zero-order chi connectivity index (χ0) is 13.9. The molecule has 2 aromatic carbocycles. The Bertz CT molecular complexity index is 733. The zero-order valence-corrected chi connectivity index (χ0v) is 12.0. The summed E-state index contributed by atoms with van der Waals surface area (Å²) in [6.07, 6.45) is 0.248. The summed E-state index contributed by atoms with van der Waals surface area (Å²) in [5, 5.41) is 6.78. The van der Waals surface area contributed by atoms with Gasteiger partial charge >= 0.3 is 0 Å². The predicted octanol–water partition coefficient (Wildman–Crippen LogP) is 3.44. The molecule has 4 rings (SSSR count). The Morgan fingerprint density at radius 3 is 2.45 bits per heavy atom. The van der Waals surface area contributed by atoms with Crippen LogP contribution in [0.1, 0.15) is 18.1 Å². The molecule has 0 aliphatic carbocycles. The number of fused-ring (bicyclic) bond motifs is 6. The van der Waals surface area contributed by atoms with E-state index in [0.717, 1.165) is 5.84 Å². The van der Waals surface area contributed by atoms with E-state index in [4.69, 9.17) is 5.10 Å². The first-order valence-corrected chi connectivity index (χ1v) is 6.98. The summed E-state index contributed by atoms with van der Waals surface area (Å²) in [5.41, 5.74) is 6.40. The van der Waals surface area contributed by atoms with Gasteiger partial charge in [-0.1, -0.05) is 42.5 Å². The van der Waals surface area contributed by atoms with Crippen molar-refractivity contribution in [3.05, 3.63) is 53.6 Å². The number of rotatable bonds is 0. The van der Waals surface area contributed by atoms with Crippen molar-refractivity contribution in [2.45, 2.75) is 20.0 Å². The second kappa shape index (κ2) is 3.85. The van der Waals surface area contributed by atoms with Crippen LogP contribution in [0.2, 0.25) is 0 Å². The maximum atomic E-state index is 4.75. The molecule has 0 saturated heterocycles. The Morgan fingerprint density at radius 1 is 0.950 bits per heavy atom. The van der Waals surface area contributed by atoms with Crippen LogP contribution in [0, 0.1) is 6.92 Å². The second-order valence-corrected chi connectivity index (χ2v) is 5.52. The summed E-state index contributed by atoms with van der Waals surface area (Å²) < 4.78 is 0. The van der Waals surface area contributed by atoms with Crippen molar-refractivity contribution in [3.63, 3.8) is 0 Å². The van der Waals surface area contributed by atoms with Gasteiger partial charge in [-0.05, 0) is 25.0 Å². The number of aryl methyl sites for hydroxylation is 1. The topological polar surface area (TPSA) is 18.8 Å². The maximum absolute atomic E-state index is 4.75. The minimum atomic E-state index is 0.248. The lowest BCUT2D eigenvalue weighted by atomic mass is 9.90. The van der Waals surface area contributed by atoms with Crippen LogP contribution in [0.15, 0.2) is 47.6 Å². The predicted molar refractivity (Wildman–Crippen MR) is 82.9 cm³/mol. The normalized spacial score (nSPS) is 19.4. The Balaban J connectivity index is 2.10. The molecule has 0 fully saturated rings. The van der Waals surface area contributed by atoms with Crippen LogP contribution >= 0.6 is 0 Å². The number of amidine groups is 1. The highest BCUT2D eigenvalue weighted by molar-refractivity contribution is 6.20. The van der Waals surface area contributed by atoms with E-state index in [2.05, 4.69) is 61.2 Å². The van der Waals surface area contributed by atoms with Crippen LogP contribution in [0.4, 0.5) is 5.69 Å². The molecule has 2 aliphatic heterocycles. The average Bonchev–Trinajstić information content (AvgIpc) is 2.76. The van der Waals surface area contributed by atoms with Crippen LogP contribution in [0.3, 0.4) is 0 Å². The molecule has 2 aromatic rings. The molecular weight excluding hydrogens is 246 g/mol. The number of hydrogen-bond acceptors (Lipinski definition) is 3. The van der Waals surface area contributed by atoms with E-state index in [1.807, 2.05) is 12.1 Å². The van der Waals surface area contributed by atoms with Crippen molar-refractivity contribution in [1.29, 1.82) is 0 Å². The fourth-order valence-corrected chi connectivity index (χ4v) is 3.21. The van der Waals surface area contributed by atoms with Crippen molar-refractivity contribution < 1.29 is 0 Å². The van der Waals surface area contributed by atoms with Crippen molar-refractivity contribution in [1.82, 2.24) is 5.01 Å². The molecule has 0 bridgehead atoms. The van der Waals surface area contributed by atoms with Crippen molar-refractivity contribution in [2.75, 3.05) is 11.9 Å². The van der Waals surface area contributed by atoms with Crippen LogP contribution in [0.25, 0.3) is 11.1 Å². The van der Waals surface area contributed by atoms with Gasteiger partial charge in [0, 0.05) is 18.2 Å². The summed E-state index contributed by atoms with van der Waals surface area (Å²) in [4.78, 5) is 2.35. The van der Waals surface area contributed by atoms with Crippen LogP contribution in [-0.2, 0) is 0 Å². The minimum absolute atomic E-state index is 0.248. The van der Waals surface area contributed by atoms with E-state index in [0.29, 0.717) is 0 Å². The number of benzene rings is 2. The first-order chi connectivity index (χ1) is 9.68. The van der Waals surface area contributed by atoms with Gasteiger partial charge in [-0.2, -0.15) is 5.10 Å². The molecule has 100 valence electrons. The molecule has 0 amide bonds. The second-order valence-electron chi connectivity index (χ2n) is 5.52. The third kappa shape index (κ3) is 1.32. The SMILES string of the molecule is Cc1cccc2c1N1C(=NN(C)C1C)c1ccccc1-2. The molecule has 0 aromatic heterocycles. The Labute approximate surface area is 119 Å². The van der Waals surface area contributed by atoms with Gasteiger partial charge in [0.25, 0.3) is 0 Å². The first-order valence-electron chi connectivity index (χ1n) is 6.98. The number of hydrogen-bond donors (Lipinski definition) is 0. The summed E-state index contributed by atoms with van der Waals surface area (Å²) in [6, 6.07) is 15.1. The largest absolute Gasteiger partial charge is 0.301 e. The molecule has 2 heterocycles. The Hall–Kier alpha value is -2.29. The van der Waals surface area contributed by atoms with Gasteiger partial charge in [0.1, 0.15) is 6.17 Å². The molecular formula is C17H17N3. The highest BCUT2D eigenvalue weighted by atomic mass is 15.6. The van der Waals surface area contributed by atoms with E-state index in [-0.39, 0.29) is 6.17 Å². The van der Waals surface area contributed by atoms with Crippen molar-refractivity contribution >= 4 is 11.5 Å². The monoisotopic (exact) mass is 263 g/mol. The molecule has 2 aliphatic rings. The fraction of sp³-hybridized carbons (Fsp3) is 0.235.